The molecule has 1 atom stereocenters. The number of rotatable bonds is 2. The summed E-state index contributed by atoms with van der Waals surface area (Å²) in [7, 11) is 0. The number of aryl methyl sites for hydroxylation is 1. The van der Waals surface area contributed by atoms with Crippen LogP contribution in [0.2, 0.25) is 10.0 Å². The smallest absolute Gasteiger partial charge is 0.0643 e. The Kier molecular flexibility index (Phi) is 4.58. The number of anilines is 1. The van der Waals surface area contributed by atoms with E-state index in [0.717, 1.165) is 34.4 Å². The van der Waals surface area contributed by atoms with Gasteiger partial charge in [0, 0.05) is 29.7 Å². The SMILES string of the molecule is Cc1cc(Cl)c(N2CC(C)(C)NCC2C(C)C)cc1Cl. The molecule has 1 aromatic carbocycles. The Labute approximate surface area is 132 Å². The van der Waals surface area contributed by atoms with Crippen LogP contribution < -0.4 is 10.2 Å². The first-order chi connectivity index (χ1) is 9.21. The second-order valence-electron chi connectivity index (χ2n) is 6.76. The molecular weight excluding hydrogens is 291 g/mol. The normalized spacial score (nSPS) is 22.4. The zero-order valence-electron chi connectivity index (χ0n) is 12.9. The van der Waals surface area contributed by atoms with Crippen molar-refractivity contribution in [2.75, 3.05) is 18.0 Å². The summed E-state index contributed by atoms with van der Waals surface area (Å²) in [5.74, 6) is 0.551. The lowest BCUT2D eigenvalue weighted by molar-refractivity contribution is 0.277. The van der Waals surface area contributed by atoms with Gasteiger partial charge in [0.05, 0.1) is 10.7 Å². The Bertz CT molecular complexity index is 497. The van der Waals surface area contributed by atoms with Crippen molar-refractivity contribution < 1.29 is 0 Å². The van der Waals surface area contributed by atoms with Gasteiger partial charge in [0.2, 0.25) is 0 Å². The van der Waals surface area contributed by atoms with Crippen LogP contribution in [0.25, 0.3) is 0 Å². The number of nitrogens with zero attached hydrogens (tertiary/aromatic N) is 1. The van der Waals surface area contributed by atoms with Crippen molar-refractivity contribution in [2.24, 2.45) is 5.92 Å². The first-order valence-electron chi connectivity index (χ1n) is 7.18. The van der Waals surface area contributed by atoms with Crippen molar-refractivity contribution >= 4 is 28.9 Å². The standard InChI is InChI=1S/C16H24Cl2N2/c1-10(2)15-8-19-16(4,5)9-20(15)14-7-12(17)11(3)6-13(14)18/h6-7,10,15,19H,8-9H2,1-5H3. The van der Waals surface area contributed by atoms with E-state index in [9.17, 15) is 0 Å². The monoisotopic (exact) mass is 314 g/mol. The maximum Gasteiger partial charge on any atom is 0.0643 e. The summed E-state index contributed by atoms with van der Waals surface area (Å²) in [5.41, 5.74) is 2.15. The third-order valence-electron chi connectivity index (χ3n) is 4.06. The number of benzene rings is 1. The summed E-state index contributed by atoms with van der Waals surface area (Å²) < 4.78 is 0. The molecule has 1 N–H and O–H groups in total. The molecule has 4 heteroatoms. The van der Waals surface area contributed by atoms with Crippen molar-refractivity contribution in [3.05, 3.63) is 27.7 Å². The number of piperazine rings is 1. The highest BCUT2D eigenvalue weighted by atomic mass is 35.5. The largest absolute Gasteiger partial charge is 0.364 e. The third-order valence-corrected chi connectivity index (χ3v) is 4.77. The van der Waals surface area contributed by atoms with Crippen LogP contribution in [-0.4, -0.2) is 24.7 Å². The molecule has 1 unspecified atom stereocenters. The number of hydrogen-bond acceptors (Lipinski definition) is 2. The first kappa shape index (κ1) is 15.9. The van der Waals surface area contributed by atoms with E-state index in [1.165, 1.54) is 0 Å². The molecule has 1 aliphatic heterocycles. The van der Waals surface area contributed by atoms with Gasteiger partial charge in [0.25, 0.3) is 0 Å². The van der Waals surface area contributed by atoms with Gasteiger partial charge in [0.15, 0.2) is 0 Å². The van der Waals surface area contributed by atoms with Crippen LogP contribution in [0.1, 0.15) is 33.3 Å². The molecule has 0 saturated carbocycles. The second-order valence-corrected chi connectivity index (χ2v) is 7.57. The summed E-state index contributed by atoms with van der Waals surface area (Å²) in [5, 5.41) is 5.19. The third kappa shape index (κ3) is 3.24. The van der Waals surface area contributed by atoms with E-state index in [-0.39, 0.29) is 5.54 Å². The predicted octanol–water partition coefficient (Wildman–Crippen LogP) is 4.51. The molecule has 0 aromatic heterocycles. The molecule has 0 radical (unpaired) electrons. The molecule has 1 saturated heterocycles. The van der Waals surface area contributed by atoms with Crippen molar-refractivity contribution in [1.82, 2.24) is 5.32 Å². The summed E-state index contributed by atoms with van der Waals surface area (Å²) >= 11 is 12.8. The van der Waals surface area contributed by atoms with Crippen LogP contribution >= 0.6 is 23.2 Å². The molecule has 1 fully saturated rings. The maximum atomic E-state index is 6.48. The van der Waals surface area contributed by atoms with Crippen LogP contribution in [0.5, 0.6) is 0 Å². The van der Waals surface area contributed by atoms with Gasteiger partial charge in [-0.05, 0) is 44.4 Å². The fraction of sp³-hybridized carbons (Fsp3) is 0.625. The second kappa shape index (κ2) is 5.75. The first-order valence-corrected chi connectivity index (χ1v) is 7.94. The van der Waals surface area contributed by atoms with E-state index < -0.39 is 0 Å². The van der Waals surface area contributed by atoms with E-state index in [0.29, 0.717) is 12.0 Å². The van der Waals surface area contributed by atoms with Crippen LogP contribution in [-0.2, 0) is 0 Å². The van der Waals surface area contributed by atoms with E-state index in [4.69, 9.17) is 23.2 Å². The summed E-state index contributed by atoms with van der Waals surface area (Å²) in [6.07, 6.45) is 0. The van der Waals surface area contributed by atoms with Crippen molar-refractivity contribution in [2.45, 2.75) is 46.2 Å². The maximum absolute atomic E-state index is 6.48. The minimum atomic E-state index is 0.0755. The molecule has 1 aliphatic rings. The molecule has 1 aromatic rings. The Morgan fingerprint density at radius 2 is 1.90 bits per heavy atom. The molecule has 20 heavy (non-hydrogen) atoms. The fourth-order valence-corrected chi connectivity index (χ4v) is 3.29. The van der Waals surface area contributed by atoms with Gasteiger partial charge < -0.3 is 10.2 Å². The van der Waals surface area contributed by atoms with E-state index >= 15 is 0 Å². The molecule has 0 amide bonds. The summed E-state index contributed by atoms with van der Waals surface area (Å²) in [4.78, 5) is 2.41. The van der Waals surface area contributed by atoms with Crippen molar-refractivity contribution in [1.29, 1.82) is 0 Å². The van der Waals surface area contributed by atoms with Gasteiger partial charge >= 0.3 is 0 Å². The lowest BCUT2D eigenvalue weighted by atomic mass is 9.92. The van der Waals surface area contributed by atoms with Crippen LogP contribution in [0, 0.1) is 12.8 Å². The molecule has 0 bridgehead atoms. The van der Waals surface area contributed by atoms with Crippen LogP contribution in [0.15, 0.2) is 12.1 Å². The highest BCUT2D eigenvalue weighted by Crippen LogP contribution is 2.36. The quantitative estimate of drug-likeness (QED) is 0.863. The zero-order valence-corrected chi connectivity index (χ0v) is 14.4. The van der Waals surface area contributed by atoms with Crippen molar-refractivity contribution in [3.8, 4) is 0 Å². The summed E-state index contributed by atoms with van der Waals surface area (Å²) in [6.45, 7) is 12.8. The minimum absolute atomic E-state index is 0.0755. The molecular formula is C16H24Cl2N2. The van der Waals surface area contributed by atoms with E-state index in [1.54, 1.807) is 0 Å². The van der Waals surface area contributed by atoms with Gasteiger partial charge in [-0.25, -0.2) is 0 Å². The molecule has 112 valence electrons. The average molecular weight is 315 g/mol. The predicted molar refractivity (Wildman–Crippen MR) is 89.3 cm³/mol. The molecule has 1 heterocycles. The molecule has 0 aliphatic carbocycles. The van der Waals surface area contributed by atoms with Crippen LogP contribution in [0.3, 0.4) is 0 Å². The van der Waals surface area contributed by atoms with Gasteiger partial charge in [0.1, 0.15) is 0 Å². The lowest BCUT2D eigenvalue weighted by Crippen LogP contribution is -2.63. The van der Waals surface area contributed by atoms with Gasteiger partial charge in [-0.2, -0.15) is 0 Å². The highest BCUT2D eigenvalue weighted by molar-refractivity contribution is 6.35. The number of halogens is 2. The molecule has 2 nitrogen and oxygen atoms in total. The Morgan fingerprint density at radius 1 is 1.25 bits per heavy atom. The van der Waals surface area contributed by atoms with Gasteiger partial charge in [-0.15, -0.1) is 0 Å². The number of nitrogens with one attached hydrogen (secondary N) is 1. The summed E-state index contributed by atoms with van der Waals surface area (Å²) in [6, 6.07) is 4.40. The fourth-order valence-electron chi connectivity index (χ4n) is 2.81. The lowest BCUT2D eigenvalue weighted by Gasteiger charge is -2.47. The topological polar surface area (TPSA) is 15.3 Å². The Balaban J connectivity index is 2.43. The minimum Gasteiger partial charge on any atom is -0.364 e. The Morgan fingerprint density at radius 3 is 2.50 bits per heavy atom. The average Bonchev–Trinajstić information content (AvgIpc) is 2.32. The zero-order chi connectivity index (χ0) is 15.1. The van der Waals surface area contributed by atoms with Crippen molar-refractivity contribution in [3.63, 3.8) is 0 Å². The van der Waals surface area contributed by atoms with Crippen LogP contribution in [0.4, 0.5) is 5.69 Å². The molecule has 0 spiro atoms. The Hall–Kier alpha value is -0.440. The van der Waals surface area contributed by atoms with E-state index in [1.807, 2.05) is 19.1 Å². The van der Waals surface area contributed by atoms with E-state index in [2.05, 4.69) is 37.9 Å². The highest BCUT2D eigenvalue weighted by Gasteiger charge is 2.35. The molecule has 2 rings (SSSR count). The van der Waals surface area contributed by atoms with Gasteiger partial charge in [-0.1, -0.05) is 37.0 Å². The van der Waals surface area contributed by atoms with Gasteiger partial charge in [-0.3, -0.25) is 0 Å². The number of hydrogen-bond donors (Lipinski definition) is 1.